The highest BCUT2D eigenvalue weighted by atomic mass is 79.9. The Kier molecular flexibility index (Phi) is 4.36. The monoisotopic (exact) mass is 272 g/mol. The molecule has 0 N–H and O–H groups in total. The lowest BCUT2D eigenvalue weighted by Crippen LogP contribution is -1.97. The fraction of sp³-hybridized carbons (Fsp3) is 0.182. The number of allylic oxidation sites excluding steroid dienone is 1. The van der Waals surface area contributed by atoms with Crippen LogP contribution in [0.25, 0.3) is 0 Å². The maximum atomic E-state index is 11.6. The largest absolute Gasteiger partial charge is 0.294 e. The molecule has 1 rings (SSSR count). The van der Waals surface area contributed by atoms with Crippen LogP contribution in [0.2, 0.25) is 5.02 Å². The third-order valence-electron chi connectivity index (χ3n) is 1.79. The minimum atomic E-state index is 0.113. The molecule has 0 aliphatic heterocycles. The normalized spacial score (nSPS) is 9.86. The van der Waals surface area contributed by atoms with Crippen molar-refractivity contribution in [1.82, 2.24) is 0 Å². The van der Waals surface area contributed by atoms with Gasteiger partial charge in [0.1, 0.15) is 0 Å². The van der Waals surface area contributed by atoms with Gasteiger partial charge in [0.15, 0.2) is 5.78 Å². The maximum Gasteiger partial charge on any atom is 0.163 e. The fourth-order valence-corrected chi connectivity index (χ4v) is 1.35. The number of ketones is 1. The van der Waals surface area contributed by atoms with Crippen molar-refractivity contribution in [2.45, 2.75) is 12.8 Å². The summed E-state index contributed by atoms with van der Waals surface area (Å²) in [5.74, 6) is 0.113. The van der Waals surface area contributed by atoms with Crippen molar-refractivity contribution in [3.8, 4) is 0 Å². The van der Waals surface area contributed by atoms with Crippen molar-refractivity contribution in [2.24, 2.45) is 0 Å². The second kappa shape index (κ2) is 5.32. The van der Waals surface area contributed by atoms with Crippen LogP contribution in [0.1, 0.15) is 23.2 Å². The Bertz CT molecular complexity index is 343. The van der Waals surface area contributed by atoms with Crippen molar-refractivity contribution in [2.75, 3.05) is 0 Å². The van der Waals surface area contributed by atoms with Crippen LogP contribution in [0.15, 0.2) is 35.3 Å². The standard InChI is InChI=1S/C11H10BrClO/c1-8(12)2-7-11(14)9-3-5-10(13)6-4-9/h3-6H,1-2,7H2. The zero-order chi connectivity index (χ0) is 10.6. The van der Waals surface area contributed by atoms with E-state index in [1.807, 2.05) is 0 Å². The smallest absolute Gasteiger partial charge is 0.163 e. The Morgan fingerprint density at radius 2 is 1.86 bits per heavy atom. The van der Waals surface area contributed by atoms with Crippen molar-refractivity contribution in [1.29, 1.82) is 0 Å². The lowest BCUT2D eigenvalue weighted by atomic mass is 10.1. The van der Waals surface area contributed by atoms with Gasteiger partial charge < -0.3 is 0 Å². The van der Waals surface area contributed by atoms with Crippen LogP contribution in [0.3, 0.4) is 0 Å². The lowest BCUT2D eigenvalue weighted by molar-refractivity contribution is 0.0983. The van der Waals surface area contributed by atoms with Crippen LogP contribution in [-0.4, -0.2) is 5.78 Å². The van der Waals surface area contributed by atoms with Crippen molar-refractivity contribution in [3.05, 3.63) is 45.9 Å². The highest BCUT2D eigenvalue weighted by molar-refractivity contribution is 9.11. The third-order valence-corrected chi connectivity index (χ3v) is 2.44. The molecule has 14 heavy (non-hydrogen) atoms. The van der Waals surface area contributed by atoms with Gasteiger partial charge in [0, 0.05) is 17.0 Å². The van der Waals surface area contributed by atoms with Gasteiger partial charge in [-0.1, -0.05) is 34.1 Å². The molecule has 0 atom stereocenters. The summed E-state index contributed by atoms with van der Waals surface area (Å²) >= 11 is 8.93. The molecule has 0 aliphatic rings. The fourth-order valence-electron chi connectivity index (χ4n) is 1.03. The molecule has 0 aliphatic carbocycles. The first-order valence-corrected chi connectivity index (χ1v) is 5.39. The summed E-state index contributed by atoms with van der Waals surface area (Å²) in [5.41, 5.74) is 0.697. The average molecular weight is 274 g/mol. The van der Waals surface area contributed by atoms with Crippen molar-refractivity contribution in [3.63, 3.8) is 0 Å². The number of carbonyl (C=O) groups is 1. The highest BCUT2D eigenvalue weighted by Crippen LogP contribution is 2.15. The Balaban J connectivity index is 2.61. The quantitative estimate of drug-likeness (QED) is 0.751. The summed E-state index contributed by atoms with van der Waals surface area (Å²) in [4.78, 5) is 11.6. The van der Waals surface area contributed by atoms with Gasteiger partial charge in [0.2, 0.25) is 0 Å². The van der Waals surface area contributed by atoms with Crippen LogP contribution >= 0.6 is 27.5 Å². The Labute approximate surface area is 96.9 Å². The van der Waals surface area contributed by atoms with Gasteiger partial charge in [0.05, 0.1) is 0 Å². The van der Waals surface area contributed by atoms with Gasteiger partial charge in [-0.25, -0.2) is 0 Å². The van der Waals surface area contributed by atoms with Crippen LogP contribution in [-0.2, 0) is 0 Å². The number of hydrogen-bond acceptors (Lipinski definition) is 1. The number of carbonyl (C=O) groups excluding carboxylic acids is 1. The molecule has 0 bridgehead atoms. The number of hydrogen-bond donors (Lipinski definition) is 0. The molecule has 3 heteroatoms. The Hall–Kier alpha value is -0.600. The molecule has 1 aromatic carbocycles. The van der Waals surface area contributed by atoms with E-state index in [0.717, 1.165) is 4.48 Å². The van der Waals surface area contributed by atoms with Crippen LogP contribution in [0, 0.1) is 0 Å². The van der Waals surface area contributed by atoms with E-state index in [0.29, 0.717) is 23.4 Å². The molecule has 0 fully saturated rings. The molecule has 0 unspecified atom stereocenters. The van der Waals surface area contributed by atoms with E-state index >= 15 is 0 Å². The molecule has 0 heterocycles. The van der Waals surface area contributed by atoms with Crippen LogP contribution < -0.4 is 0 Å². The van der Waals surface area contributed by atoms with Gasteiger partial charge in [-0.3, -0.25) is 4.79 Å². The van der Waals surface area contributed by atoms with E-state index in [-0.39, 0.29) is 5.78 Å². The predicted octanol–water partition coefficient (Wildman–Crippen LogP) is 4.21. The molecule has 74 valence electrons. The van der Waals surface area contributed by atoms with E-state index < -0.39 is 0 Å². The Morgan fingerprint density at radius 3 is 2.36 bits per heavy atom. The van der Waals surface area contributed by atoms with Gasteiger partial charge in [-0.15, -0.1) is 0 Å². The molecule has 0 aromatic heterocycles. The molecular weight excluding hydrogens is 263 g/mol. The molecule has 0 saturated carbocycles. The van der Waals surface area contributed by atoms with Crippen molar-refractivity contribution >= 4 is 33.3 Å². The van der Waals surface area contributed by atoms with E-state index in [2.05, 4.69) is 22.5 Å². The van der Waals surface area contributed by atoms with Gasteiger partial charge in [-0.2, -0.15) is 0 Å². The Morgan fingerprint density at radius 1 is 1.29 bits per heavy atom. The molecular formula is C11H10BrClO. The topological polar surface area (TPSA) is 17.1 Å². The van der Waals surface area contributed by atoms with E-state index in [9.17, 15) is 4.79 Å². The summed E-state index contributed by atoms with van der Waals surface area (Å²) in [6, 6.07) is 6.92. The highest BCUT2D eigenvalue weighted by Gasteiger charge is 2.05. The summed E-state index contributed by atoms with van der Waals surface area (Å²) in [7, 11) is 0. The van der Waals surface area contributed by atoms with Gasteiger partial charge in [-0.05, 0) is 35.2 Å². The lowest BCUT2D eigenvalue weighted by Gasteiger charge is -2.00. The molecule has 0 amide bonds. The molecule has 0 spiro atoms. The van der Waals surface area contributed by atoms with Crippen LogP contribution in [0.5, 0.6) is 0 Å². The number of Topliss-reactive ketones (excluding diaryl/α,β-unsaturated/α-hetero) is 1. The number of rotatable bonds is 4. The number of benzene rings is 1. The second-order valence-electron chi connectivity index (χ2n) is 2.95. The second-order valence-corrected chi connectivity index (χ2v) is 4.51. The molecule has 0 radical (unpaired) electrons. The summed E-state index contributed by atoms with van der Waals surface area (Å²) < 4.78 is 0.847. The summed E-state index contributed by atoms with van der Waals surface area (Å²) in [5, 5.41) is 0.645. The molecule has 1 aromatic rings. The zero-order valence-electron chi connectivity index (χ0n) is 7.59. The van der Waals surface area contributed by atoms with E-state index in [4.69, 9.17) is 11.6 Å². The zero-order valence-corrected chi connectivity index (χ0v) is 9.94. The number of halogens is 2. The first kappa shape index (κ1) is 11.5. The van der Waals surface area contributed by atoms with Crippen molar-refractivity contribution < 1.29 is 4.79 Å². The first-order chi connectivity index (χ1) is 6.59. The van der Waals surface area contributed by atoms with Gasteiger partial charge >= 0.3 is 0 Å². The van der Waals surface area contributed by atoms with Crippen LogP contribution in [0.4, 0.5) is 0 Å². The maximum absolute atomic E-state index is 11.6. The summed E-state index contributed by atoms with van der Waals surface area (Å²) in [6.07, 6.45) is 1.15. The van der Waals surface area contributed by atoms with E-state index in [1.165, 1.54) is 0 Å². The SMILES string of the molecule is C=C(Br)CCC(=O)c1ccc(Cl)cc1. The minimum absolute atomic E-state index is 0.113. The predicted molar refractivity (Wildman–Crippen MR) is 63.1 cm³/mol. The third kappa shape index (κ3) is 3.64. The molecule has 0 saturated heterocycles. The first-order valence-electron chi connectivity index (χ1n) is 4.21. The summed E-state index contributed by atoms with van der Waals surface area (Å²) in [6.45, 7) is 3.68. The van der Waals surface area contributed by atoms with Gasteiger partial charge in [0.25, 0.3) is 0 Å². The molecule has 1 nitrogen and oxygen atoms in total. The minimum Gasteiger partial charge on any atom is -0.294 e. The average Bonchev–Trinajstić information content (AvgIpc) is 2.15. The van der Waals surface area contributed by atoms with E-state index in [1.54, 1.807) is 24.3 Å².